The van der Waals surface area contributed by atoms with Crippen molar-refractivity contribution in [2.45, 2.75) is 32.1 Å². The summed E-state index contributed by atoms with van der Waals surface area (Å²) in [7, 11) is 0. The molecule has 1 fully saturated rings. The molecule has 0 amide bonds. The molecule has 2 heterocycles. The second-order valence-electron chi connectivity index (χ2n) is 4.09. The number of aromatic nitrogens is 2. The lowest BCUT2D eigenvalue weighted by Gasteiger charge is -2.00. The van der Waals surface area contributed by atoms with Gasteiger partial charge in [0.25, 0.3) is 0 Å². The van der Waals surface area contributed by atoms with Crippen molar-refractivity contribution in [1.82, 2.24) is 15.5 Å². The zero-order chi connectivity index (χ0) is 11.2. The molecule has 1 aromatic heterocycles. The molecule has 0 spiro atoms. The largest absolute Gasteiger partial charge is 0.316 e. The maximum Gasteiger partial charge on any atom is 0.121 e. The molecule has 2 rings (SSSR count). The van der Waals surface area contributed by atoms with Crippen LogP contribution in [0.1, 0.15) is 35.7 Å². The molecule has 1 aliphatic rings. The predicted molar refractivity (Wildman–Crippen MR) is 71.5 cm³/mol. The fraction of sp³-hybridized carbons (Fsp3) is 0.818. The summed E-state index contributed by atoms with van der Waals surface area (Å²) >= 11 is 3.85. The molecule has 1 aliphatic heterocycles. The van der Waals surface area contributed by atoms with Gasteiger partial charge in [0.05, 0.1) is 0 Å². The summed E-state index contributed by atoms with van der Waals surface area (Å²) in [5, 5.41) is 14.4. The van der Waals surface area contributed by atoms with Gasteiger partial charge in [-0.3, -0.25) is 0 Å². The Morgan fingerprint density at radius 2 is 2.31 bits per heavy atom. The van der Waals surface area contributed by atoms with Crippen molar-refractivity contribution in [3.05, 3.63) is 10.0 Å². The summed E-state index contributed by atoms with van der Waals surface area (Å²) in [5.41, 5.74) is 0. The van der Waals surface area contributed by atoms with Crippen LogP contribution in [0.15, 0.2) is 0 Å². The van der Waals surface area contributed by atoms with Gasteiger partial charge in [0.15, 0.2) is 0 Å². The minimum atomic E-state index is 0.680. The summed E-state index contributed by atoms with van der Waals surface area (Å²) in [6.45, 7) is 4.32. The van der Waals surface area contributed by atoms with Crippen molar-refractivity contribution in [3.63, 3.8) is 0 Å². The van der Waals surface area contributed by atoms with E-state index >= 15 is 0 Å². The van der Waals surface area contributed by atoms with Crippen LogP contribution in [0.4, 0.5) is 0 Å². The zero-order valence-corrected chi connectivity index (χ0v) is 11.4. The van der Waals surface area contributed by atoms with Crippen LogP contribution in [0.5, 0.6) is 0 Å². The van der Waals surface area contributed by atoms with Gasteiger partial charge in [-0.15, -0.1) is 21.5 Å². The van der Waals surface area contributed by atoms with E-state index in [1.54, 1.807) is 0 Å². The van der Waals surface area contributed by atoms with Crippen LogP contribution in [-0.2, 0) is 6.42 Å². The Morgan fingerprint density at radius 1 is 1.38 bits per heavy atom. The molecule has 0 aliphatic carbocycles. The molecule has 1 saturated heterocycles. The average Bonchev–Trinajstić information content (AvgIpc) is 2.94. The van der Waals surface area contributed by atoms with Gasteiger partial charge in [-0.1, -0.05) is 6.92 Å². The molecule has 0 aromatic carbocycles. The van der Waals surface area contributed by atoms with Crippen molar-refractivity contribution in [1.29, 1.82) is 0 Å². The van der Waals surface area contributed by atoms with Gasteiger partial charge in [0, 0.05) is 24.6 Å². The van der Waals surface area contributed by atoms with E-state index in [4.69, 9.17) is 0 Å². The van der Waals surface area contributed by atoms with Gasteiger partial charge in [0.1, 0.15) is 10.0 Å². The van der Waals surface area contributed by atoms with E-state index in [0.29, 0.717) is 5.92 Å². The van der Waals surface area contributed by atoms with E-state index < -0.39 is 0 Å². The lowest BCUT2D eigenvalue weighted by Crippen LogP contribution is -2.17. The highest BCUT2D eigenvalue weighted by atomic mass is 32.2. The van der Waals surface area contributed by atoms with E-state index in [9.17, 15) is 0 Å². The summed E-state index contributed by atoms with van der Waals surface area (Å²) in [6, 6.07) is 0. The highest BCUT2D eigenvalue weighted by molar-refractivity contribution is 7.99. The molecule has 1 atom stereocenters. The molecule has 5 heteroatoms. The number of nitrogens with one attached hydrogen (secondary N) is 1. The summed E-state index contributed by atoms with van der Waals surface area (Å²) < 4.78 is 0. The Balaban J connectivity index is 1.77. The second kappa shape index (κ2) is 6.57. The summed E-state index contributed by atoms with van der Waals surface area (Å²) in [6.07, 6.45) is 3.51. The van der Waals surface area contributed by atoms with Crippen LogP contribution in [0.3, 0.4) is 0 Å². The number of hydrogen-bond donors (Lipinski definition) is 1. The third-order valence-electron chi connectivity index (χ3n) is 2.70. The van der Waals surface area contributed by atoms with Gasteiger partial charge in [-0.05, 0) is 25.1 Å². The summed E-state index contributed by atoms with van der Waals surface area (Å²) in [5.74, 6) is 3.21. The van der Waals surface area contributed by atoms with Gasteiger partial charge in [-0.2, -0.15) is 11.8 Å². The third kappa shape index (κ3) is 3.43. The van der Waals surface area contributed by atoms with E-state index in [1.807, 2.05) is 23.1 Å². The maximum absolute atomic E-state index is 4.32. The Kier molecular flexibility index (Phi) is 5.06. The van der Waals surface area contributed by atoms with Crippen LogP contribution < -0.4 is 5.32 Å². The average molecular weight is 257 g/mol. The highest BCUT2D eigenvalue weighted by Gasteiger charge is 2.21. The zero-order valence-electron chi connectivity index (χ0n) is 9.74. The predicted octanol–water partition coefficient (Wildman–Crippen LogP) is 2.30. The van der Waals surface area contributed by atoms with Gasteiger partial charge in [0.2, 0.25) is 0 Å². The quantitative estimate of drug-likeness (QED) is 0.794. The Hall–Kier alpha value is -0.130. The molecule has 1 unspecified atom stereocenters. The molecule has 1 aromatic rings. The van der Waals surface area contributed by atoms with Gasteiger partial charge < -0.3 is 5.32 Å². The van der Waals surface area contributed by atoms with Crippen molar-refractivity contribution < 1.29 is 0 Å². The van der Waals surface area contributed by atoms with E-state index in [0.717, 1.165) is 19.5 Å². The minimum absolute atomic E-state index is 0.680. The third-order valence-corrected chi connectivity index (χ3v) is 5.01. The van der Waals surface area contributed by atoms with E-state index in [2.05, 4.69) is 22.4 Å². The molecule has 0 bridgehead atoms. The van der Waals surface area contributed by atoms with Crippen LogP contribution in [0.2, 0.25) is 0 Å². The topological polar surface area (TPSA) is 37.8 Å². The maximum atomic E-state index is 4.32. The standard InChI is InChI=1S/C11H19N3S2/c1-2-5-12-6-3-10-13-14-11(16-10)9-4-7-15-8-9/h9,12H,2-8H2,1H3. The summed E-state index contributed by atoms with van der Waals surface area (Å²) in [4.78, 5) is 0. The number of rotatable bonds is 6. The SMILES string of the molecule is CCCNCCc1nnc(C2CCSC2)s1. The van der Waals surface area contributed by atoms with Crippen molar-refractivity contribution in [2.24, 2.45) is 0 Å². The lowest BCUT2D eigenvalue weighted by molar-refractivity contribution is 0.667. The van der Waals surface area contributed by atoms with E-state index in [-0.39, 0.29) is 0 Å². The normalized spacial score (nSPS) is 20.4. The fourth-order valence-electron chi connectivity index (χ4n) is 1.76. The molecule has 16 heavy (non-hydrogen) atoms. The molecule has 90 valence electrons. The Bertz CT molecular complexity index is 308. The molecular formula is C11H19N3S2. The van der Waals surface area contributed by atoms with Gasteiger partial charge in [-0.25, -0.2) is 0 Å². The molecule has 0 saturated carbocycles. The van der Waals surface area contributed by atoms with Crippen LogP contribution in [-0.4, -0.2) is 34.8 Å². The highest BCUT2D eigenvalue weighted by Crippen LogP contribution is 2.33. The Labute approximate surface area is 105 Å². The minimum Gasteiger partial charge on any atom is -0.316 e. The first-order valence-corrected chi connectivity index (χ1v) is 7.98. The smallest absolute Gasteiger partial charge is 0.121 e. The second-order valence-corrected chi connectivity index (χ2v) is 6.34. The van der Waals surface area contributed by atoms with Crippen LogP contribution in [0, 0.1) is 0 Å². The number of hydrogen-bond acceptors (Lipinski definition) is 5. The molecule has 0 radical (unpaired) electrons. The van der Waals surface area contributed by atoms with Crippen molar-refractivity contribution in [2.75, 3.05) is 24.6 Å². The molecular weight excluding hydrogens is 238 g/mol. The van der Waals surface area contributed by atoms with Gasteiger partial charge >= 0.3 is 0 Å². The van der Waals surface area contributed by atoms with Crippen LogP contribution >= 0.6 is 23.1 Å². The lowest BCUT2D eigenvalue weighted by atomic mass is 10.1. The fourth-order valence-corrected chi connectivity index (χ4v) is 4.07. The monoisotopic (exact) mass is 257 g/mol. The van der Waals surface area contributed by atoms with E-state index in [1.165, 1.54) is 34.4 Å². The van der Waals surface area contributed by atoms with Crippen molar-refractivity contribution >= 4 is 23.1 Å². The van der Waals surface area contributed by atoms with Crippen molar-refractivity contribution in [3.8, 4) is 0 Å². The number of nitrogens with zero attached hydrogens (tertiary/aromatic N) is 2. The first-order valence-electron chi connectivity index (χ1n) is 6.01. The molecule has 1 N–H and O–H groups in total. The van der Waals surface area contributed by atoms with Crippen LogP contribution in [0.25, 0.3) is 0 Å². The number of thioether (sulfide) groups is 1. The molecule has 3 nitrogen and oxygen atoms in total. The first kappa shape index (κ1) is 12.3. The Morgan fingerprint density at radius 3 is 3.06 bits per heavy atom. The first-order chi connectivity index (χ1) is 7.90.